The van der Waals surface area contributed by atoms with Gasteiger partial charge < -0.3 is 20.9 Å². The predicted molar refractivity (Wildman–Crippen MR) is 106 cm³/mol. The van der Waals surface area contributed by atoms with E-state index in [0.717, 1.165) is 52.0 Å². The Labute approximate surface area is 151 Å². The average molecular weight is 347 g/mol. The molecule has 0 amide bonds. The molecule has 0 atom stereocenters. The Morgan fingerprint density at radius 3 is 2.85 bits per heavy atom. The summed E-state index contributed by atoms with van der Waals surface area (Å²) in [6, 6.07) is 10.2. The molecule has 1 aromatic carbocycles. The highest BCUT2D eigenvalue weighted by atomic mass is 15.1. The van der Waals surface area contributed by atoms with E-state index in [1.165, 1.54) is 6.33 Å². The maximum atomic E-state index is 6.03. The van der Waals surface area contributed by atoms with Gasteiger partial charge in [0.15, 0.2) is 0 Å². The first kappa shape index (κ1) is 16.3. The van der Waals surface area contributed by atoms with Crippen LogP contribution < -0.4 is 11.1 Å². The van der Waals surface area contributed by atoms with E-state index in [1.807, 2.05) is 24.4 Å². The van der Waals surface area contributed by atoms with E-state index in [2.05, 4.69) is 56.4 Å². The number of nitrogens with one attached hydrogen (secondary N) is 2. The SMILES string of the molecule is CN(C)CCNc1cc(-c2ccc3ncnc(N)c3c2)c2cc[nH]c2n1. The second kappa shape index (κ2) is 6.61. The topological polar surface area (TPSA) is 95.7 Å². The molecule has 7 heteroatoms. The highest BCUT2D eigenvalue weighted by Crippen LogP contribution is 2.32. The number of nitrogen functional groups attached to an aromatic ring is 1. The molecular formula is C19H21N7. The van der Waals surface area contributed by atoms with Crippen LogP contribution in [0.15, 0.2) is 42.9 Å². The van der Waals surface area contributed by atoms with Gasteiger partial charge in [-0.3, -0.25) is 0 Å². The van der Waals surface area contributed by atoms with E-state index in [0.29, 0.717) is 5.82 Å². The van der Waals surface area contributed by atoms with E-state index < -0.39 is 0 Å². The number of aromatic nitrogens is 4. The van der Waals surface area contributed by atoms with Crippen molar-refractivity contribution in [2.75, 3.05) is 38.2 Å². The van der Waals surface area contributed by atoms with Crippen LogP contribution in [0.3, 0.4) is 0 Å². The monoisotopic (exact) mass is 347 g/mol. The number of rotatable bonds is 5. The van der Waals surface area contributed by atoms with Crippen molar-refractivity contribution in [1.29, 1.82) is 0 Å². The molecule has 0 aliphatic carbocycles. The van der Waals surface area contributed by atoms with E-state index in [9.17, 15) is 0 Å². The largest absolute Gasteiger partial charge is 0.383 e. The standard InChI is InChI=1S/C19H21N7/c1-26(2)8-7-21-17-10-14(13-5-6-22-19(13)25-17)12-3-4-16-15(9-12)18(20)24-11-23-16/h3-6,9-11H,7-8H2,1-2H3,(H2,20,23,24)(H2,21,22,25). The van der Waals surface area contributed by atoms with Crippen LogP contribution in [-0.4, -0.2) is 52.0 Å². The third-order valence-corrected chi connectivity index (χ3v) is 4.37. The summed E-state index contributed by atoms with van der Waals surface area (Å²) < 4.78 is 0. The summed E-state index contributed by atoms with van der Waals surface area (Å²) in [4.78, 5) is 18.4. The second-order valence-electron chi connectivity index (χ2n) is 6.52. The quantitative estimate of drug-likeness (QED) is 0.514. The minimum atomic E-state index is 0.487. The number of nitrogens with two attached hydrogens (primary N) is 1. The number of pyridine rings is 1. The minimum absolute atomic E-state index is 0.487. The number of hydrogen-bond donors (Lipinski definition) is 3. The summed E-state index contributed by atoms with van der Waals surface area (Å²) in [6.45, 7) is 1.76. The van der Waals surface area contributed by atoms with Crippen molar-refractivity contribution in [3.05, 3.63) is 42.9 Å². The number of aromatic amines is 1. The zero-order valence-corrected chi connectivity index (χ0v) is 14.8. The lowest BCUT2D eigenvalue weighted by Crippen LogP contribution is -2.21. The molecule has 0 aliphatic heterocycles. The molecule has 132 valence electrons. The number of likely N-dealkylation sites (N-methyl/N-ethyl adjacent to an activating group) is 1. The fourth-order valence-electron chi connectivity index (χ4n) is 3.02. The summed E-state index contributed by atoms with van der Waals surface area (Å²) in [6.07, 6.45) is 3.39. The van der Waals surface area contributed by atoms with Crippen LogP contribution in [0.25, 0.3) is 33.1 Å². The molecule has 7 nitrogen and oxygen atoms in total. The molecule has 0 saturated carbocycles. The first-order valence-electron chi connectivity index (χ1n) is 8.49. The molecule has 3 aromatic heterocycles. The van der Waals surface area contributed by atoms with Gasteiger partial charge in [-0.2, -0.15) is 0 Å². The highest BCUT2D eigenvalue weighted by Gasteiger charge is 2.11. The van der Waals surface area contributed by atoms with Crippen molar-refractivity contribution < 1.29 is 0 Å². The first-order chi connectivity index (χ1) is 12.6. The van der Waals surface area contributed by atoms with Crippen molar-refractivity contribution in [2.24, 2.45) is 0 Å². The van der Waals surface area contributed by atoms with Crippen LogP contribution >= 0.6 is 0 Å². The van der Waals surface area contributed by atoms with Crippen LogP contribution in [0, 0.1) is 0 Å². The summed E-state index contributed by atoms with van der Waals surface area (Å²) >= 11 is 0. The van der Waals surface area contributed by atoms with E-state index in [1.54, 1.807) is 0 Å². The second-order valence-corrected chi connectivity index (χ2v) is 6.52. The van der Waals surface area contributed by atoms with Crippen LogP contribution in [0.2, 0.25) is 0 Å². The van der Waals surface area contributed by atoms with Crippen LogP contribution in [-0.2, 0) is 0 Å². The molecule has 4 N–H and O–H groups in total. The molecule has 3 heterocycles. The Morgan fingerprint density at radius 2 is 2.00 bits per heavy atom. The van der Waals surface area contributed by atoms with Gasteiger partial charge in [0.25, 0.3) is 0 Å². The molecule has 0 spiro atoms. The Bertz CT molecular complexity index is 1070. The minimum Gasteiger partial charge on any atom is -0.383 e. The first-order valence-corrected chi connectivity index (χ1v) is 8.49. The maximum absolute atomic E-state index is 6.03. The van der Waals surface area contributed by atoms with Gasteiger partial charge in [0.1, 0.15) is 23.6 Å². The smallest absolute Gasteiger partial charge is 0.140 e. The van der Waals surface area contributed by atoms with Gasteiger partial charge in [-0.25, -0.2) is 15.0 Å². The molecule has 0 fully saturated rings. The molecule has 0 aliphatic rings. The fourth-order valence-corrected chi connectivity index (χ4v) is 3.02. The van der Waals surface area contributed by atoms with Crippen molar-refractivity contribution in [1.82, 2.24) is 24.8 Å². The summed E-state index contributed by atoms with van der Waals surface area (Å²) in [5.74, 6) is 1.33. The summed E-state index contributed by atoms with van der Waals surface area (Å²) in [7, 11) is 4.10. The van der Waals surface area contributed by atoms with Crippen LogP contribution in [0.5, 0.6) is 0 Å². The van der Waals surface area contributed by atoms with Crippen LogP contribution in [0.4, 0.5) is 11.6 Å². The number of nitrogens with zero attached hydrogens (tertiary/aromatic N) is 4. The van der Waals surface area contributed by atoms with Gasteiger partial charge in [0, 0.05) is 30.1 Å². The van der Waals surface area contributed by atoms with Gasteiger partial charge in [0.05, 0.1) is 5.52 Å². The third-order valence-electron chi connectivity index (χ3n) is 4.37. The highest BCUT2D eigenvalue weighted by molar-refractivity contribution is 5.98. The molecular weight excluding hydrogens is 326 g/mol. The number of fused-ring (bicyclic) bond motifs is 2. The van der Waals surface area contributed by atoms with E-state index in [4.69, 9.17) is 5.73 Å². The van der Waals surface area contributed by atoms with Crippen molar-refractivity contribution >= 4 is 33.6 Å². The molecule has 0 saturated heterocycles. The Balaban J connectivity index is 1.80. The maximum Gasteiger partial charge on any atom is 0.140 e. The zero-order valence-electron chi connectivity index (χ0n) is 14.8. The predicted octanol–water partition coefficient (Wildman–Crippen LogP) is 2.73. The van der Waals surface area contributed by atoms with Crippen LogP contribution in [0.1, 0.15) is 0 Å². The Kier molecular flexibility index (Phi) is 4.14. The fraction of sp³-hybridized carbons (Fsp3) is 0.211. The van der Waals surface area contributed by atoms with Crippen molar-refractivity contribution in [3.63, 3.8) is 0 Å². The summed E-state index contributed by atoms with van der Waals surface area (Å²) in [5.41, 5.74) is 9.87. The number of benzene rings is 1. The number of anilines is 2. The molecule has 26 heavy (non-hydrogen) atoms. The van der Waals surface area contributed by atoms with Gasteiger partial charge in [-0.15, -0.1) is 0 Å². The van der Waals surface area contributed by atoms with Crippen molar-refractivity contribution in [3.8, 4) is 11.1 Å². The van der Waals surface area contributed by atoms with Gasteiger partial charge in [0.2, 0.25) is 0 Å². The normalized spacial score (nSPS) is 11.5. The zero-order chi connectivity index (χ0) is 18.1. The molecule has 0 bridgehead atoms. The third kappa shape index (κ3) is 3.04. The molecule has 4 rings (SSSR count). The molecule has 4 aromatic rings. The Hall–Kier alpha value is -3.19. The van der Waals surface area contributed by atoms with Gasteiger partial charge in [-0.05, 0) is 49.5 Å². The van der Waals surface area contributed by atoms with Gasteiger partial charge >= 0.3 is 0 Å². The van der Waals surface area contributed by atoms with Gasteiger partial charge in [-0.1, -0.05) is 6.07 Å². The van der Waals surface area contributed by atoms with Crippen molar-refractivity contribution in [2.45, 2.75) is 0 Å². The number of H-pyrrole nitrogens is 1. The lowest BCUT2D eigenvalue weighted by Gasteiger charge is -2.13. The lowest BCUT2D eigenvalue weighted by molar-refractivity contribution is 0.425. The lowest BCUT2D eigenvalue weighted by atomic mass is 10.0. The van der Waals surface area contributed by atoms with E-state index >= 15 is 0 Å². The molecule has 0 radical (unpaired) electrons. The Morgan fingerprint density at radius 1 is 1.12 bits per heavy atom. The summed E-state index contributed by atoms with van der Waals surface area (Å²) in [5, 5.41) is 5.32. The number of hydrogen-bond acceptors (Lipinski definition) is 6. The molecule has 0 unspecified atom stereocenters. The van der Waals surface area contributed by atoms with E-state index in [-0.39, 0.29) is 0 Å². The average Bonchev–Trinajstić information content (AvgIpc) is 3.09.